The molecule has 0 aliphatic carbocycles. The molecule has 110 valence electrons. The molecular formula is C14H10N4O2S2. The van der Waals surface area contributed by atoms with E-state index in [0.717, 1.165) is 21.9 Å². The number of thiophene rings is 1. The van der Waals surface area contributed by atoms with Crippen LogP contribution in [0.5, 0.6) is 0 Å². The average Bonchev–Trinajstić information content (AvgIpc) is 3.12. The monoisotopic (exact) mass is 330 g/mol. The van der Waals surface area contributed by atoms with Crippen molar-refractivity contribution in [3.05, 3.63) is 41.9 Å². The molecule has 0 saturated carbocycles. The van der Waals surface area contributed by atoms with Gasteiger partial charge in [-0.1, -0.05) is 18.2 Å². The third kappa shape index (κ3) is 1.99. The van der Waals surface area contributed by atoms with Gasteiger partial charge in [-0.25, -0.2) is 8.42 Å². The fraction of sp³-hybridized carbons (Fsp3) is 0.0714. The molecule has 1 aromatic carbocycles. The van der Waals surface area contributed by atoms with Crippen molar-refractivity contribution in [3.8, 4) is 11.4 Å². The summed E-state index contributed by atoms with van der Waals surface area (Å²) in [6, 6.07) is 9.57. The average molecular weight is 330 g/mol. The van der Waals surface area contributed by atoms with Crippen LogP contribution in [0.3, 0.4) is 0 Å². The lowest BCUT2D eigenvalue weighted by Gasteiger charge is -2.05. The van der Waals surface area contributed by atoms with E-state index in [1.165, 1.54) is 0 Å². The topological polar surface area (TPSA) is 77.2 Å². The zero-order chi connectivity index (χ0) is 15.3. The van der Waals surface area contributed by atoms with Gasteiger partial charge in [0, 0.05) is 33.4 Å². The van der Waals surface area contributed by atoms with Crippen molar-refractivity contribution in [2.24, 2.45) is 0 Å². The number of hydrogen-bond donors (Lipinski definition) is 0. The summed E-state index contributed by atoms with van der Waals surface area (Å²) in [7, 11) is -3.50. The van der Waals surface area contributed by atoms with E-state index in [2.05, 4.69) is 15.1 Å². The zero-order valence-electron chi connectivity index (χ0n) is 11.5. The molecular weight excluding hydrogens is 320 g/mol. The molecule has 22 heavy (non-hydrogen) atoms. The summed E-state index contributed by atoms with van der Waals surface area (Å²) in [6.07, 6.45) is 2.68. The summed E-state index contributed by atoms with van der Waals surface area (Å²) in [6.45, 7) is 0. The highest BCUT2D eigenvalue weighted by molar-refractivity contribution is 7.90. The third-order valence-electron chi connectivity index (χ3n) is 3.29. The molecule has 0 aliphatic rings. The van der Waals surface area contributed by atoms with Crippen molar-refractivity contribution in [2.75, 3.05) is 6.26 Å². The quantitative estimate of drug-likeness (QED) is 0.564. The van der Waals surface area contributed by atoms with Crippen LogP contribution in [0.25, 0.3) is 27.1 Å². The number of benzene rings is 1. The van der Waals surface area contributed by atoms with Crippen molar-refractivity contribution in [2.45, 2.75) is 5.16 Å². The molecule has 0 radical (unpaired) electrons. The van der Waals surface area contributed by atoms with Gasteiger partial charge in [0.2, 0.25) is 9.84 Å². The fourth-order valence-electron chi connectivity index (χ4n) is 2.30. The first-order valence-corrected chi connectivity index (χ1v) is 9.19. The van der Waals surface area contributed by atoms with Crippen LogP contribution in [-0.2, 0) is 9.84 Å². The van der Waals surface area contributed by atoms with Gasteiger partial charge in [-0.15, -0.1) is 11.3 Å². The van der Waals surface area contributed by atoms with E-state index in [4.69, 9.17) is 0 Å². The highest BCUT2D eigenvalue weighted by atomic mass is 32.2. The van der Waals surface area contributed by atoms with Crippen LogP contribution < -0.4 is 0 Å². The van der Waals surface area contributed by atoms with Crippen LogP contribution in [0.2, 0.25) is 0 Å². The van der Waals surface area contributed by atoms with E-state index in [-0.39, 0.29) is 5.16 Å². The normalized spacial score (nSPS) is 12.2. The Hall–Kier alpha value is -2.32. The van der Waals surface area contributed by atoms with Crippen LogP contribution in [-0.4, -0.2) is 34.3 Å². The Kier molecular flexibility index (Phi) is 2.78. The minimum absolute atomic E-state index is 0.189. The zero-order valence-corrected chi connectivity index (χ0v) is 13.1. The lowest BCUT2D eigenvalue weighted by molar-refractivity contribution is 0.592. The predicted molar refractivity (Wildman–Crippen MR) is 84.7 cm³/mol. The van der Waals surface area contributed by atoms with Gasteiger partial charge in [0.25, 0.3) is 5.16 Å². The minimum atomic E-state index is -3.50. The largest absolute Gasteiger partial charge is 0.250 e. The molecule has 0 atom stereocenters. The van der Waals surface area contributed by atoms with E-state index in [1.54, 1.807) is 28.1 Å². The molecule has 0 spiro atoms. The molecule has 0 bridgehead atoms. The Balaban J connectivity index is 2.11. The Morgan fingerprint density at radius 3 is 2.77 bits per heavy atom. The number of hydrogen-bond acceptors (Lipinski definition) is 6. The Bertz CT molecular complexity index is 1110. The second-order valence-corrected chi connectivity index (χ2v) is 7.67. The van der Waals surface area contributed by atoms with Crippen LogP contribution >= 0.6 is 11.3 Å². The number of nitrogens with zero attached hydrogens (tertiary/aromatic N) is 4. The summed E-state index contributed by atoms with van der Waals surface area (Å²) >= 11 is 1.58. The molecule has 3 heterocycles. The molecule has 0 amide bonds. The van der Waals surface area contributed by atoms with Crippen molar-refractivity contribution in [1.82, 2.24) is 19.6 Å². The molecule has 8 heteroatoms. The molecule has 0 unspecified atom stereocenters. The second-order valence-electron chi connectivity index (χ2n) is 4.85. The van der Waals surface area contributed by atoms with Crippen molar-refractivity contribution in [3.63, 3.8) is 0 Å². The highest BCUT2D eigenvalue weighted by Gasteiger charge is 2.19. The third-order valence-corrected chi connectivity index (χ3v) is 5.10. The standard InChI is InChI=1S/C14H10N4O2S2/c1-22(19,20)14-16-12-6-7-15-18(12)13(17-14)10-8-21-11-5-3-2-4-9(10)11/h2-8H,1H3. The van der Waals surface area contributed by atoms with Gasteiger partial charge in [0.15, 0.2) is 11.5 Å². The molecule has 0 fully saturated rings. The van der Waals surface area contributed by atoms with Crippen molar-refractivity contribution < 1.29 is 8.42 Å². The fourth-order valence-corrected chi connectivity index (χ4v) is 3.75. The van der Waals surface area contributed by atoms with Gasteiger partial charge in [-0.2, -0.15) is 19.6 Å². The smallest absolute Gasteiger partial charge is 0.221 e. The van der Waals surface area contributed by atoms with Gasteiger partial charge in [-0.05, 0) is 6.07 Å². The lowest BCUT2D eigenvalue weighted by atomic mass is 10.2. The number of aromatic nitrogens is 4. The molecule has 0 saturated heterocycles. The predicted octanol–water partition coefficient (Wildman–Crippen LogP) is 2.41. The Labute approximate surface area is 130 Å². The molecule has 4 aromatic rings. The van der Waals surface area contributed by atoms with Crippen LogP contribution in [0.15, 0.2) is 47.1 Å². The number of rotatable bonds is 2. The van der Waals surface area contributed by atoms with E-state index in [9.17, 15) is 8.42 Å². The summed E-state index contributed by atoms with van der Waals surface area (Å²) in [5.74, 6) is 0.480. The summed E-state index contributed by atoms with van der Waals surface area (Å²) in [5.41, 5.74) is 1.31. The van der Waals surface area contributed by atoms with Gasteiger partial charge in [-0.3, -0.25) is 0 Å². The maximum atomic E-state index is 11.8. The Morgan fingerprint density at radius 1 is 1.14 bits per heavy atom. The van der Waals surface area contributed by atoms with Crippen molar-refractivity contribution >= 4 is 36.9 Å². The summed E-state index contributed by atoms with van der Waals surface area (Å²) in [5, 5.41) is 6.99. The maximum absolute atomic E-state index is 11.8. The van der Waals surface area contributed by atoms with E-state index < -0.39 is 9.84 Å². The summed E-state index contributed by atoms with van der Waals surface area (Å²) < 4.78 is 26.3. The van der Waals surface area contributed by atoms with Crippen molar-refractivity contribution in [1.29, 1.82) is 0 Å². The molecule has 4 rings (SSSR count). The lowest BCUT2D eigenvalue weighted by Crippen LogP contribution is -2.09. The van der Waals surface area contributed by atoms with Gasteiger partial charge < -0.3 is 0 Å². The first-order valence-electron chi connectivity index (χ1n) is 6.42. The first kappa shape index (κ1) is 13.4. The van der Waals surface area contributed by atoms with E-state index in [0.29, 0.717) is 11.5 Å². The number of sulfone groups is 1. The van der Waals surface area contributed by atoms with Crippen LogP contribution in [0.1, 0.15) is 0 Å². The van der Waals surface area contributed by atoms with Gasteiger partial charge >= 0.3 is 0 Å². The minimum Gasteiger partial charge on any atom is -0.221 e. The molecule has 3 aromatic heterocycles. The van der Waals surface area contributed by atoms with Gasteiger partial charge in [0.1, 0.15) is 0 Å². The second kappa shape index (κ2) is 4.59. The maximum Gasteiger partial charge on any atom is 0.250 e. The molecule has 0 aliphatic heterocycles. The Morgan fingerprint density at radius 2 is 1.95 bits per heavy atom. The highest BCUT2D eigenvalue weighted by Crippen LogP contribution is 2.33. The molecule has 6 nitrogen and oxygen atoms in total. The van der Waals surface area contributed by atoms with Crippen LogP contribution in [0.4, 0.5) is 0 Å². The van der Waals surface area contributed by atoms with Gasteiger partial charge in [0.05, 0.1) is 6.20 Å². The SMILES string of the molecule is CS(=O)(=O)c1nc(-c2csc3ccccc23)n2nccc2n1. The first-order chi connectivity index (χ1) is 10.5. The molecule has 0 N–H and O–H groups in total. The number of fused-ring (bicyclic) bond motifs is 2. The van der Waals surface area contributed by atoms with E-state index >= 15 is 0 Å². The van der Waals surface area contributed by atoms with Crippen LogP contribution in [0, 0.1) is 0 Å². The van der Waals surface area contributed by atoms with E-state index in [1.807, 2.05) is 29.6 Å². The summed E-state index contributed by atoms with van der Waals surface area (Å²) in [4.78, 5) is 8.31.